The predicted molar refractivity (Wildman–Crippen MR) is 108 cm³/mol. The standard InChI is InChI=1S/C20H24N2O3.C2HF3O2/c23-20(10-16-4-2-1-3-5-16)22-13-18-12-21(7-9-25-19(18)14-22)11-17-6-8-24-15-17;3-2(4,5)1(6)7/h1-6,8,15,18-19H,7,9-14H2;(H,6,7)/t18-,19+;/m0./s1. The summed E-state index contributed by atoms with van der Waals surface area (Å²) in [5.41, 5.74) is 2.26. The summed E-state index contributed by atoms with van der Waals surface area (Å²) in [6, 6.07) is 12.0. The summed E-state index contributed by atoms with van der Waals surface area (Å²) in [5, 5.41) is 7.12. The molecule has 1 N–H and O–H groups in total. The molecule has 1 amide bonds. The Morgan fingerprint density at radius 2 is 1.78 bits per heavy atom. The first-order valence-corrected chi connectivity index (χ1v) is 10.2. The number of carbonyl (C=O) groups excluding carboxylic acids is 1. The molecule has 0 bridgehead atoms. The zero-order chi connectivity index (χ0) is 23.1. The maximum Gasteiger partial charge on any atom is 0.490 e. The Kier molecular flexibility index (Phi) is 7.92. The molecule has 4 rings (SSSR count). The fourth-order valence-corrected chi connectivity index (χ4v) is 3.83. The van der Waals surface area contributed by atoms with E-state index in [4.69, 9.17) is 19.1 Å². The number of benzene rings is 1. The van der Waals surface area contributed by atoms with Crippen molar-refractivity contribution < 1.29 is 37.0 Å². The summed E-state index contributed by atoms with van der Waals surface area (Å²) < 4.78 is 43.0. The highest BCUT2D eigenvalue weighted by Crippen LogP contribution is 2.25. The first kappa shape index (κ1) is 23.8. The van der Waals surface area contributed by atoms with Crippen molar-refractivity contribution in [1.29, 1.82) is 0 Å². The fourth-order valence-electron chi connectivity index (χ4n) is 3.83. The summed E-state index contributed by atoms with van der Waals surface area (Å²) in [5.74, 6) is -2.18. The van der Waals surface area contributed by atoms with Gasteiger partial charge in [0.05, 0.1) is 31.7 Å². The van der Waals surface area contributed by atoms with Crippen LogP contribution in [0, 0.1) is 5.92 Å². The molecular formula is C22H25F3N2O5. The number of furan rings is 1. The van der Waals surface area contributed by atoms with E-state index < -0.39 is 12.1 Å². The molecule has 2 aliphatic rings. The smallest absolute Gasteiger partial charge is 0.475 e. The molecular weight excluding hydrogens is 429 g/mol. The number of hydrogen-bond donors (Lipinski definition) is 1. The first-order chi connectivity index (χ1) is 15.2. The number of carboxylic acids is 1. The lowest BCUT2D eigenvalue weighted by Crippen LogP contribution is -2.34. The molecule has 2 fully saturated rings. The van der Waals surface area contributed by atoms with Crippen LogP contribution in [0.3, 0.4) is 0 Å². The van der Waals surface area contributed by atoms with Crippen molar-refractivity contribution in [3.63, 3.8) is 0 Å². The van der Waals surface area contributed by atoms with Gasteiger partial charge in [0.1, 0.15) is 0 Å². The minimum Gasteiger partial charge on any atom is -0.475 e. The summed E-state index contributed by atoms with van der Waals surface area (Å²) in [6.45, 7) is 5.00. The van der Waals surface area contributed by atoms with E-state index in [0.717, 1.165) is 44.9 Å². The monoisotopic (exact) mass is 454 g/mol. The molecule has 1 aromatic carbocycles. The van der Waals surface area contributed by atoms with Gasteiger partial charge in [0, 0.05) is 44.2 Å². The van der Waals surface area contributed by atoms with Crippen molar-refractivity contribution in [2.45, 2.75) is 25.2 Å². The molecule has 0 unspecified atom stereocenters. The highest BCUT2D eigenvalue weighted by molar-refractivity contribution is 5.79. The predicted octanol–water partition coefficient (Wildman–Crippen LogP) is 2.81. The molecule has 174 valence electrons. The Morgan fingerprint density at radius 3 is 2.41 bits per heavy atom. The molecule has 7 nitrogen and oxygen atoms in total. The Labute approximate surface area is 183 Å². The number of carbonyl (C=O) groups is 2. The van der Waals surface area contributed by atoms with E-state index in [1.54, 1.807) is 12.5 Å². The van der Waals surface area contributed by atoms with Crippen LogP contribution in [-0.4, -0.2) is 71.8 Å². The molecule has 0 radical (unpaired) electrons. The van der Waals surface area contributed by atoms with Gasteiger partial charge in [0.25, 0.3) is 0 Å². The first-order valence-electron chi connectivity index (χ1n) is 10.2. The number of carboxylic acid groups (broad SMARTS) is 1. The number of alkyl halides is 3. The minimum atomic E-state index is -5.08. The van der Waals surface area contributed by atoms with Gasteiger partial charge in [-0.25, -0.2) is 4.79 Å². The van der Waals surface area contributed by atoms with Crippen molar-refractivity contribution in [1.82, 2.24) is 9.80 Å². The second-order valence-electron chi connectivity index (χ2n) is 7.80. The van der Waals surface area contributed by atoms with E-state index in [2.05, 4.69) is 4.90 Å². The molecule has 0 spiro atoms. The maximum absolute atomic E-state index is 12.6. The molecule has 0 aliphatic carbocycles. The van der Waals surface area contributed by atoms with Gasteiger partial charge in [-0.2, -0.15) is 13.2 Å². The molecule has 1 aromatic heterocycles. The summed E-state index contributed by atoms with van der Waals surface area (Å²) in [6.07, 6.45) is -0.937. The second kappa shape index (κ2) is 10.6. The zero-order valence-corrected chi connectivity index (χ0v) is 17.3. The van der Waals surface area contributed by atoms with Crippen LogP contribution >= 0.6 is 0 Å². The second-order valence-corrected chi connectivity index (χ2v) is 7.80. The third kappa shape index (κ3) is 6.83. The van der Waals surface area contributed by atoms with Crippen LogP contribution in [0.4, 0.5) is 13.2 Å². The van der Waals surface area contributed by atoms with E-state index in [-0.39, 0.29) is 12.0 Å². The highest BCUT2D eigenvalue weighted by atomic mass is 19.4. The maximum atomic E-state index is 12.6. The van der Waals surface area contributed by atoms with Crippen LogP contribution < -0.4 is 0 Å². The molecule has 3 heterocycles. The van der Waals surface area contributed by atoms with E-state index in [1.165, 1.54) is 5.56 Å². The highest BCUT2D eigenvalue weighted by Gasteiger charge is 2.39. The summed E-state index contributed by atoms with van der Waals surface area (Å²) in [4.78, 5) is 25.9. The molecule has 32 heavy (non-hydrogen) atoms. The number of fused-ring (bicyclic) bond motifs is 1. The molecule has 2 saturated heterocycles. The van der Waals surface area contributed by atoms with Crippen molar-refractivity contribution in [2.75, 3.05) is 32.8 Å². The van der Waals surface area contributed by atoms with Gasteiger partial charge in [-0.15, -0.1) is 0 Å². The van der Waals surface area contributed by atoms with Gasteiger partial charge < -0.3 is 19.2 Å². The number of rotatable bonds is 4. The van der Waals surface area contributed by atoms with Crippen LogP contribution in [0.15, 0.2) is 53.3 Å². The van der Waals surface area contributed by atoms with E-state index in [1.807, 2.05) is 41.3 Å². The molecule has 10 heteroatoms. The van der Waals surface area contributed by atoms with Crippen molar-refractivity contribution in [3.8, 4) is 0 Å². The Morgan fingerprint density at radius 1 is 1.06 bits per heavy atom. The third-order valence-corrected chi connectivity index (χ3v) is 5.39. The average molecular weight is 454 g/mol. The third-order valence-electron chi connectivity index (χ3n) is 5.39. The average Bonchev–Trinajstić information content (AvgIpc) is 3.35. The topological polar surface area (TPSA) is 83.2 Å². The van der Waals surface area contributed by atoms with Crippen LogP contribution in [0.25, 0.3) is 0 Å². The van der Waals surface area contributed by atoms with Gasteiger partial charge in [-0.05, 0) is 11.6 Å². The van der Waals surface area contributed by atoms with Gasteiger partial charge >= 0.3 is 12.1 Å². The van der Waals surface area contributed by atoms with Crippen LogP contribution in [-0.2, 0) is 27.3 Å². The van der Waals surface area contributed by atoms with Crippen molar-refractivity contribution >= 4 is 11.9 Å². The Balaban J connectivity index is 0.000000360. The Bertz CT molecular complexity index is 873. The molecule has 2 atom stereocenters. The number of hydrogen-bond acceptors (Lipinski definition) is 5. The number of amides is 1. The minimum absolute atomic E-state index is 0.161. The van der Waals surface area contributed by atoms with Crippen LogP contribution in [0.2, 0.25) is 0 Å². The molecule has 2 aromatic rings. The fraction of sp³-hybridized carbons (Fsp3) is 0.455. The number of halogens is 3. The van der Waals surface area contributed by atoms with Gasteiger partial charge in [0.15, 0.2) is 0 Å². The normalized spacial score (nSPS) is 21.3. The van der Waals surface area contributed by atoms with Gasteiger partial charge in [-0.3, -0.25) is 9.69 Å². The van der Waals surface area contributed by atoms with E-state index in [0.29, 0.717) is 12.3 Å². The number of ether oxygens (including phenoxy) is 1. The van der Waals surface area contributed by atoms with Gasteiger partial charge in [0.2, 0.25) is 5.91 Å². The van der Waals surface area contributed by atoms with E-state index >= 15 is 0 Å². The number of likely N-dealkylation sites (tertiary alicyclic amines) is 1. The lowest BCUT2D eigenvalue weighted by atomic mass is 10.1. The Hall–Kier alpha value is -2.85. The lowest BCUT2D eigenvalue weighted by molar-refractivity contribution is -0.192. The van der Waals surface area contributed by atoms with Gasteiger partial charge in [-0.1, -0.05) is 30.3 Å². The zero-order valence-electron chi connectivity index (χ0n) is 17.3. The largest absolute Gasteiger partial charge is 0.490 e. The summed E-state index contributed by atoms with van der Waals surface area (Å²) >= 11 is 0. The number of nitrogens with zero attached hydrogens (tertiary/aromatic N) is 2. The van der Waals surface area contributed by atoms with Crippen LogP contribution in [0.5, 0.6) is 0 Å². The number of aliphatic carboxylic acids is 1. The SMILES string of the molecule is O=C(Cc1ccccc1)N1C[C@@H]2CN(Cc3ccoc3)CCO[C@@H]2C1.O=C(O)C(F)(F)F. The van der Waals surface area contributed by atoms with Crippen molar-refractivity contribution in [3.05, 3.63) is 60.1 Å². The molecule has 2 aliphatic heterocycles. The molecule has 0 saturated carbocycles. The van der Waals surface area contributed by atoms with Crippen molar-refractivity contribution in [2.24, 2.45) is 5.92 Å². The summed E-state index contributed by atoms with van der Waals surface area (Å²) in [7, 11) is 0. The van der Waals surface area contributed by atoms with Crippen LogP contribution in [0.1, 0.15) is 11.1 Å². The van der Waals surface area contributed by atoms with E-state index in [9.17, 15) is 18.0 Å². The lowest BCUT2D eigenvalue weighted by Gasteiger charge is -2.22. The quantitative estimate of drug-likeness (QED) is 0.765.